The summed E-state index contributed by atoms with van der Waals surface area (Å²) in [5.41, 5.74) is 1.97. The van der Waals surface area contributed by atoms with Crippen molar-refractivity contribution >= 4 is 35.2 Å². The number of amides is 1. The summed E-state index contributed by atoms with van der Waals surface area (Å²) in [7, 11) is 1.57. The normalized spacial score (nSPS) is 10.9. The van der Waals surface area contributed by atoms with Crippen LogP contribution in [0.4, 0.5) is 4.39 Å². The first kappa shape index (κ1) is 24.1. The van der Waals surface area contributed by atoms with Crippen LogP contribution in [-0.4, -0.2) is 13.0 Å². The van der Waals surface area contributed by atoms with Crippen LogP contribution in [0.2, 0.25) is 10.0 Å². The van der Waals surface area contributed by atoms with E-state index in [0.29, 0.717) is 11.3 Å². The maximum atomic E-state index is 13.0. The molecule has 168 valence electrons. The molecule has 3 aromatic carbocycles. The van der Waals surface area contributed by atoms with Gasteiger partial charge in [0.25, 0.3) is 5.91 Å². The molecule has 0 aliphatic heterocycles. The van der Waals surface area contributed by atoms with Gasteiger partial charge in [-0.05, 0) is 59.2 Å². The number of hydrogen-bond acceptors (Lipinski definition) is 4. The molecule has 5 nitrogen and oxygen atoms in total. The zero-order valence-electron chi connectivity index (χ0n) is 17.6. The minimum absolute atomic E-state index is 0.101. The van der Waals surface area contributed by atoms with Crippen LogP contribution in [0.15, 0.2) is 66.2 Å². The van der Waals surface area contributed by atoms with Gasteiger partial charge in [-0.3, -0.25) is 4.79 Å². The molecule has 33 heavy (non-hydrogen) atoms. The van der Waals surface area contributed by atoms with Crippen molar-refractivity contribution in [2.24, 2.45) is 0 Å². The molecule has 0 atom stereocenters. The van der Waals surface area contributed by atoms with E-state index in [1.807, 2.05) is 18.2 Å². The average molecular weight is 485 g/mol. The van der Waals surface area contributed by atoms with Gasteiger partial charge in [-0.2, -0.15) is 5.26 Å². The van der Waals surface area contributed by atoms with Crippen LogP contribution >= 0.6 is 23.2 Å². The van der Waals surface area contributed by atoms with E-state index < -0.39 is 5.91 Å². The number of halogens is 3. The van der Waals surface area contributed by atoms with Gasteiger partial charge < -0.3 is 14.8 Å². The summed E-state index contributed by atoms with van der Waals surface area (Å²) in [4.78, 5) is 12.5. The summed E-state index contributed by atoms with van der Waals surface area (Å²) >= 11 is 12.6. The van der Waals surface area contributed by atoms with Gasteiger partial charge in [-0.15, -0.1) is 0 Å². The highest BCUT2D eigenvalue weighted by Gasteiger charge is 2.13. The second kappa shape index (κ2) is 11.4. The molecule has 0 saturated carbocycles. The van der Waals surface area contributed by atoms with Crippen LogP contribution in [0, 0.1) is 17.1 Å². The van der Waals surface area contributed by atoms with E-state index in [1.54, 1.807) is 43.5 Å². The Balaban J connectivity index is 1.68. The molecule has 0 heterocycles. The lowest BCUT2D eigenvalue weighted by Gasteiger charge is -2.11. The maximum absolute atomic E-state index is 13.0. The van der Waals surface area contributed by atoms with Gasteiger partial charge >= 0.3 is 0 Å². The Kier molecular flexibility index (Phi) is 8.31. The van der Waals surface area contributed by atoms with Crippen molar-refractivity contribution in [3.63, 3.8) is 0 Å². The van der Waals surface area contributed by atoms with E-state index in [2.05, 4.69) is 5.32 Å². The predicted octanol–water partition coefficient (Wildman–Crippen LogP) is 5.94. The van der Waals surface area contributed by atoms with Crippen molar-refractivity contribution in [1.82, 2.24) is 5.32 Å². The lowest BCUT2D eigenvalue weighted by Crippen LogP contribution is -2.23. The van der Waals surface area contributed by atoms with Crippen LogP contribution in [-0.2, 0) is 17.9 Å². The largest absolute Gasteiger partial charge is 0.497 e. The van der Waals surface area contributed by atoms with Crippen molar-refractivity contribution in [1.29, 1.82) is 5.26 Å². The molecule has 0 unspecified atom stereocenters. The highest BCUT2D eigenvalue weighted by molar-refractivity contribution is 6.37. The topological polar surface area (TPSA) is 71.3 Å². The third kappa shape index (κ3) is 6.72. The molecule has 0 bridgehead atoms. The van der Waals surface area contributed by atoms with Crippen molar-refractivity contribution < 1.29 is 18.7 Å². The van der Waals surface area contributed by atoms with E-state index >= 15 is 0 Å². The number of carbonyl (C=O) groups excluding carboxylic acids is 1. The first-order valence-electron chi connectivity index (χ1n) is 9.79. The summed E-state index contributed by atoms with van der Waals surface area (Å²) in [6.07, 6.45) is 1.39. The number of hydrogen-bond donors (Lipinski definition) is 1. The third-order valence-electron chi connectivity index (χ3n) is 4.61. The summed E-state index contributed by atoms with van der Waals surface area (Å²) in [6.45, 7) is 0.394. The Morgan fingerprint density at radius 3 is 2.24 bits per heavy atom. The molecule has 3 aromatic rings. The standard InChI is InChI=1S/C25H19Cl2FN2O3/c1-32-21-8-4-16(5-9-21)14-30-25(31)19(13-29)10-18-11-22(26)24(23(27)12-18)33-15-17-2-6-20(28)7-3-17/h2-12H,14-15H2,1H3,(H,30,31)/b19-10-. The predicted molar refractivity (Wildman–Crippen MR) is 126 cm³/mol. The average Bonchev–Trinajstić information content (AvgIpc) is 2.82. The molecule has 0 aromatic heterocycles. The lowest BCUT2D eigenvalue weighted by molar-refractivity contribution is -0.117. The van der Waals surface area contributed by atoms with Crippen LogP contribution in [0.3, 0.4) is 0 Å². The van der Waals surface area contributed by atoms with E-state index in [0.717, 1.165) is 11.1 Å². The van der Waals surface area contributed by atoms with E-state index in [4.69, 9.17) is 32.7 Å². The molecule has 0 radical (unpaired) electrons. The van der Waals surface area contributed by atoms with Gasteiger partial charge in [0.05, 0.1) is 17.2 Å². The minimum Gasteiger partial charge on any atom is -0.497 e. The molecule has 0 saturated heterocycles. The molecule has 0 aliphatic carbocycles. The number of rotatable bonds is 8. The fourth-order valence-electron chi connectivity index (χ4n) is 2.87. The third-order valence-corrected chi connectivity index (χ3v) is 5.17. The van der Waals surface area contributed by atoms with Gasteiger partial charge in [-0.1, -0.05) is 47.5 Å². The second-order valence-corrected chi connectivity index (χ2v) is 7.74. The van der Waals surface area contributed by atoms with Gasteiger partial charge in [-0.25, -0.2) is 4.39 Å². The number of nitrogens with one attached hydrogen (secondary N) is 1. The zero-order valence-corrected chi connectivity index (χ0v) is 19.1. The van der Waals surface area contributed by atoms with Crippen LogP contribution in [0.5, 0.6) is 11.5 Å². The number of nitriles is 1. The minimum atomic E-state index is -0.530. The first-order valence-corrected chi connectivity index (χ1v) is 10.5. The Labute approximate surface area is 201 Å². The van der Waals surface area contributed by atoms with E-state index in [9.17, 15) is 14.4 Å². The summed E-state index contributed by atoms with van der Waals surface area (Å²) < 4.78 is 23.8. The van der Waals surface area contributed by atoms with Gasteiger partial charge in [0.2, 0.25) is 0 Å². The van der Waals surface area contributed by atoms with Crippen LogP contribution in [0.25, 0.3) is 6.08 Å². The van der Waals surface area contributed by atoms with Gasteiger partial charge in [0, 0.05) is 6.54 Å². The second-order valence-electron chi connectivity index (χ2n) is 6.93. The molecule has 0 aliphatic rings. The summed E-state index contributed by atoms with van der Waals surface area (Å²) in [5, 5.41) is 12.6. The molecule has 0 spiro atoms. The van der Waals surface area contributed by atoms with Crippen LogP contribution < -0.4 is 14.8 Å². The molecular formula is C25H19Cl2FN2O3. The Hall–Kier alpha value is -3.53. The number of ether oxygens (including phenoxy) is 2. The molecule has 8 heteroatoms. The Morgan fingerprint density at radius 2 is 1.67 bits per heavy atom. The van der Waals surface area contributed by atoms with Gasteiger partial charge in [0.15, 0.2) is 5.75 Å². The molecule has 1 N–H and O–H groups in total. The molecule has 0 fully saturated rings. The molecule has 3 rings (SSSR count). The monoisotopic (exact) mass is 484 g/mol. The highest BCUT2D eigenvalue weighted by atomic mass is 35.5. The maximum Gasteiger partial charge on any atom is 0.262 e. The van der Waals surface area contributed by atoms with E-state index in [1.165, 1.54) is 18.2 Å². The Morgan fingerprint density at radius 1 is 1.06 bits per heavy atom. The quantitative estimate of drug-likeness (QED) is 0.317. The SMILES string of the molecule is COc1ccc(CNC(=O)/C(C#N)=C\c2cc(Cl)c(OCc3ccc(F)cc3)c(Cl)c2)cc1. The number of benzene rings is 3. The molecule has 1 amide bonds. The van der Waals surface area contributed by atoms with E-state index in [-0.39, 0.29) is 40.3 Å². The highest BCUT2D eigenvalue weighted by Crippen LogP contribution is 2.35. The number of nitrogens with zero attached hydrogens (tertiary/aromatic N) is 1. The van der Waals surface area contributed by atoms with Crippen molar-refractivity contribution in [3.8, 4) is 17.6 Å². The van der Waals surface area contributed by atoms with Crippen LogP contribution in [0.1, 0.15) is 16.7 Å². The zero-order chi connectivity index (χ0) is 23.8. The van der Waals surface area contributed by atoms with Crippen molar-refractivity contribution in [3.05, 3.63) is 98.8 Å². The van der Waals surface area contributed by atoms with Crippen molar-refractivity contribution in [2.45, 2.75) is 13.2 Å². The van der Waals surface area contributed by atoms with Crippen molar-refractivity contribution in [2.75, 3.05) is 7.11 Å². The first-order chi connectivity index (χ1) is 15.9. The summed E-state index contributed by atoms with van der Waals surface area (Å²) in [6, 6.07) is 18.0. The smallest absolute Gasteiger partial charge is 0.262 e. The summed E-state index contributed by atoms with van der Waals surface area (Å²) in [5.74, 6) is 0.0910. The Bertz CT molecular complexity index is 1180. The molecular weight excluding hydrogens is 466 g/mol. The number of carbonyl (C=O) groups is 1. The number of methoxy groups -OCH3 is 1. The fraction of sp³-hybridized carbons (Fsp3) is 0.120. The lowest BCUT2D eigenvalue weighted by atomic mass is 10.1. The van der Waals surface area contributed by atoms with Gasteiger partial charge in [0.1, 0.15) is 29.8 Å². The fourth-order valence-corrected chi connectivity index (χ4v) is 3.49.